The van der Waals surface area contributed by atoms with E-state index < -0.39 is 0 Å². The molecule has 1 atom stereocenters. The number of ether oxygens (including phenoxy) is 1. The van der Waals surface area contributed by atoms with Crippen LogP contribution < -0.4 is 10.1 Å². The Morgan fingerprint density at radius 1 is 1.24 bits per heavy atom. The number of aromatic hydroxyl groups is 1. The predicted octanol–water partition coefficient (Wildman–Crippen LogP) is 2.78. The Morgan fingerprint density at radius 2 is 1.95 bits per heavy atom. The van der Waals surface area contributed by atoms with Gasteiger partial charge < -0.3 is 15.2 Å². The fourth-order valence-corrected chi connectivity index (χ4v) is 2.99. The normalized spacial score (nSPS) is 17.9. The van der Waals surface area contributed by atoms with Gasteiger partial charge in [-0.25, -0.2) is 0 Å². The number of nitrogens with one attached hydrogen (secondary N) is 1. The van der Waals surface area contributed by atoms with Crippen LogP contribution in [0.1, 0.15) is 38.3 Å². The molecule has 2 rings (SSSR count). The molecule has 0 amide bonds. The summed E-state index contributed by atoms with van der Waals surface area (Å²) >= 11 is 0. The van der Waals surface area contributed by atoms with Crippen LogP contribution in [0.4, 0.5) is 0 Å². The molecular formula is C17H28N2O2. The van der Waals surface area contributed by atoms with Gasteiger partial charge in [-0.05, 0) is 24.8 Å². The molecule has 4 heteroatoms. The largest absolute Gasteiger partial charge is 0.508 e. The number of hydrogen-bond acceptors (Lipinski definition) is 4. The zero-order chi connectivity index (χ0) is 15.2. The molecule has 1 fully saturated rings. The summed E-state index contributed by atoms with van der Waals surface area (Å²) in [6, 6.07) is 5.87. The van der Waals surface area contributed by atoms with Crippen molar-refractivity contribution in [3.63, 3.8) is 0 Å². The summed E-state index contributed by atoms with van der Waals surface area (Å²) in [5.74, 6) is 1.75. The van der Waals surface area contributed by atoms with Crippen LogP contribution >= 0.6 is 0 Å². The summed E-state index contributed by atoms with van der Waals surface area (Å²) in [7, 11) is 1.68. The maximum Gasteiger partial charge on any atom is 0.127 e. The van der Waals surface area contributed by atoms with Crippen molar-refractivity contribution in [2.45, 2.75) is 32.7 Å². The van der Waals surface area contributed by atoms with E-state index in [9.17, 15) is 5.11 Å². The van der Waals surface area contributed by atoms with Crippen molar-refractivity contribution in [2.24, 2.45) is 5.92 Å². The first kappa shape index (κ1) is 16.1. The van der Waals surface area contributed by atoms with Gasteiger partial charge in [0.05, 0.1) is 7.11 Å². The second-order valence-electron chi connectivity index (χ2n) is 6.20. The van der Waals surface area contributed by atoms with Crippen LogP contribution in [-0.4, -0.2) is 43.3 Å². The zero-order valence-corrected chi connectivity index (χ0v) is 13.4. The van der Waals surface area contributed by atoms with Gasteiger partial charge in [-0.15, -0.1) is 0 Å². The minimum Gasteiger partial charge on any atom is -0.508 e. The fraction of sp³-hybridized carbons (Fsp3) is 0.647. The number of methoxy groups -OCH3 is 1. The molecule has 118 valence electrons. The van der Waals surface area contributed by atoms with Crippen molar-refractivity contribution in [1.82, 2.24) is 10.2 Å². The maximum absolute atomic E-state index is 9.68. The summed E-state index contributed by atoms with van der Waals surface area (Å²) in [5.41, 5.74) is 1.19. The molecule has 0 bridgehead atoms. The van der Waals surface area contributed by atoms with Crippen molar-refractivity contribution < 1.29 is 9.84 Å². The summed E-state index contributed by atoms with van der Waals surface area (Å²) in [4.78, 5) is 2.54. The van der Waals surface area contributed by atoms with Crippen LogP contribution in [-0.2, 0) is 0 Å². The highest BCUT2D eigenvalue weighted by Crippen LogP contribution is 2.35. The lowest BCUT2D eigenvalue weighted by molar-refractivity contribution is 0.157. The first-order chi connectivity index (χ1) is 10.1. The quantitative estimate of drug-likeness (QED) is 0.846. The molecule has 1 aromatic rings. The molecule has 2 N–H and O–H groups in total. The Hall–Kier alpha value is -1.26. The number of hydrogen-bond donors (Lipinski definition) is 2. The van der Waals surface area contributed by atoms with Crippen molar-refractivity contribution in [1.29, 1.82) is 0 Å². The summed E-state index contributed by atoms with van der Waals surface area (Å²) in [6.07, 6.45) is 2.32. The van der Waals surface area contributed by atoms with E-state index in [0.717, 1.165) is 38.3 Å². The van der Waals surface area contributed by atoms with Gasteiger partial charge >= 0.3 is 0 Å². The average Bonchev–Trinajstić information content (AvgIpc) is 2.49. The van der Waals surface area contributed by atoms with Gasteiger partial charge in [0.1, 0.15) is 11.5 Å². The molecule has 21 heavy (non-hydrogen) atoms. The zero-order valence-electron chi connectivity index (χ0n) is 13.4. The number of rotatable bonds is 6. The molecule has 0 saturated carbocycles. The predicted molar refractivity (Wildman–Crippen MR) is 85.9 cm³/mol. The van der Waals surface area contributed by atoms with E-state index in [1.807, 2.05) is 6.07 Å². The number of nitrogens with zero attached hydrogens (tertiary/aromatic N) is 1. The van der Waals surface area contributed by atoms with Crippen LogP contribution in [0.3, 0.4) is 0 Å². The van der Waals surface area contributed by atoms with Gasteiger partial charge in [0.15, 0.2) is 0 Å². The van der Waals surface area contributed by atoms with Crippen LogP contribution in [0.2, 0.25) is 0 Å². The third kappa shape index (κ3) is 4.35. The lowest BCUT2D eigenvalue weighted by Crippen LogP contribution is -2.45. The lowest BCUT2D eigenvalue weighted by Gasteiger charge is -2.36. The Morgan fingerprint density at radius 3 is 2.57 bits per heavy atom. The number of phenols is 1. The minimum absolute atomic E-state index is 0.263. The third-order valence-corrected chi connectivity index (χ3v) is 4.19. The third-order valence-electron chi connectivity index (χ3n) is 4.19. The van der Waals surface area contributed by atoms with Gasteiger partial charge in [0.25, 0.3) is 0 Å². The van der Waals surface area contributed by atoms with E-state index in [0.29, 0.717) is 12.0 Å². The first-order valence-electron chi connectivity index (χ1n) is 7.93. The van der Waals surface area contributed by atoms with E-state index in [-0.39, 0.29) is 5.75 Å². The average molecular weight is 292 g/mol. The van der Waals surface area contributed by atoms with Gasteiger partial charge in [0.2, 0.25) is 0 Å². The molecule has 1 aliphatic heterocycles. The highest BCUT2D eigenvalue weighted by molar-refractivity contribution is 5.42. The van der Waals surface area contributed by atoms with Crippen molar-refractivity contribution in [2.75, 3.05) is 33.3 Å². The Balaban J connectivity index is 2.24. The van der Waals surface area contributed by atoms with Gasteiger partial charge in [-0.2, -0.15) is 0 Å². The number of benzene rings is 1. The molecule has 0 aromatic heterocycles. The van der Waals surface area contributed by atoms with E-state index >= 15 is 0 Å². The van der Waals surface area contributed by atoms with Crippen LogP contribution in [0.5, 0.6) is 11.5 Å². The summed E-state index contributed by atoms with van der Waals surface area (Å²) < 4.78 is 5.50. The Bertz CT molecular complexity index is 442. The van der Waals surface area contributed by atoms with Gasteiger partial charge in [-0.3, -0.25) is 4.90 Å². The standard InChI is InChI=1S/C17H28N2O2/c1-13(2)4-7-16(19-10-8-18-9-11-19)15-6-5-14(20)12-17(15)21-3/h5-6,12-13,16,18,20H,4,7-11H2,1-3H3/t16-/m1/s1. The summed E-state index contributed by atoms with van der Waals surface area (Å²) in [6.45, 7) is 8.74. The fourth-order valence-electron chi connectivity index (χ4n) is 2.99. The first-order valence-corrected chi connectivity index (χ1v) is 7.93. The van der Waals surface area contributed by atoms with Crippen LogP contribution in [0.15, 0.2) is 18.2 Å². The molecule has 1 aromatic carbocycles. The molecule has 1 heterocycles. The molecule has 1 aliphatic rings. The van der Waals surface area contributed by atoms with Gasteiger partial charge in [-0.1, -0.05) is 19.9 Å². The Kier molecular flexibility index (Phi) is 5.88. The second-order valence-corrected chi connectivity index (χ2v) is 6.20. The summed E-state index contributed by atoms with van der Waals surface area (Å²) in [5, 5.41) is 13.1. The van der Waals surface area contributed by atoms with E-state index in [2.05, 4.69) is 24.1 Å². The van der Waals surface area contributed by atoms with Crippen LogP contribution in [0, 0.1) is 5.92 Å². The second kappa shape index (κ2) is 7.66. The SMILES string of the molecule is COc1cc(O)ccc1[C@@H](CCC(C)C)N1CCNCC1. The van der Waals surface area contributed by atoms with Crippen molar-refractivity contribution >= 4 is 0 Å². The van der Waals surface area contributed by atoms with Gasteiger partial charge in [0, 0.05) is 43.9 Å². The molecule has 0 unspecified atom stereocenters. The molecule has 1 saturated heterocycles. The smallest absolute Gasteiger partial charge is 0.127 e. The molecule has 0 aliphatic carbocycles. The number of phenolic OH excluding ortho intramolecular Hbond substituents is 1. The lowest BCUT2D eigenvalue weighted by atomic mass is 9.95. The molecule has 4 nitrogen and oxygen atoms in total. The minimum atomic E-state index is 0.263. The van der Waals surface area contributed by atoms with E-state index in [1.54, 1.807) is 19.2 Å². The molecule has 0 spiro atoms. The maximum atomic E-state index is 9.68. The van der Waals surface area contributed by atoms with Crippen LogP contribution in [0.25, 0.3) is 0 Å². The van der Waals surface area contributed by atoms with Crippen molar-refractivity contribution in [3.8, 4) is 11.5 Å². The molecule has 0 radical (unpaired) electrons. The Labute approximate surface area is 128 Å². The monoisotopic (exact) mass is 292 g/mol. The highest BCUT2D eigenvalue weighted by atomic mass is 16.5. The highest BCUT2D eigenvalue weighted by Gasteiger charge is 2.25. The molecular weight excluding hydrogens is 264 g/mol. The topological polar surface area (TPSA) is 44.7 Å². The number of piperazine rings is 1. The van der Waals surface area contributed by atoms with E-state index in [4.69, 9.17) is 4.74 Å². The van der Waals surface area contributed by atoms with E-state index in [1.165, 1.54) is 12.0 Å². The van der Waals surface area contributed by atoms with Crippen molar-refractivity contribution in [3.05, 3.63) is 23.8 Å².